The van der Waals surface area contributed by atoms with E-state index in [1.165, 1.54) is 0 Å². The summed E-state index contributed by atoms with van der Waals surface area (Å²) in [5.41, 5.74) is 2.35. The molecule has 2 aromatic heterocycles. The number of nitrogens with zero attached hydrogens (tertiary/aromatic N) is 3. The Bertz CT molecular complexity index is 433. The van der Waals surface area contributed by atoms with Crippen molar-refractivity contribution in [2.75, 3.05) is 0 Å². The molecule has 2 rings (SSSR count). The van der Waals surface area contributed by atoms with E-state index in [-0.39, 0.29) is 0 Å². The van der Waals surface area contributed by atoms with Gasteiger partial charge in [-0.3, -0.25) is 9.20 Å². The van der Waals surface area contributed by atoms with Gasteiger partial charge < -0.3 is 0 Å². The van der Waals surface area contributed by atoms with Crippen LogP contribution in [0, 0.1) is 6.92 Å². The molecule has 0 aliphatic heterocycles. The molecule has 60 valence electrons. The highest BCUT2D eigenvalue weighted by molar-refractivity contribution is 5.77. The second kappa shape index (κ2) is 2.41. The van der Waals surface area contributed by atoms with Gasteiger partial charge in [-0.15, -0.1) is 10.2 Å². The molecular weight excluding hydrogens is 154 g/mol. The Morgan fingerprint density at radius 3 is 3.17 bits per heavy atom. The van der Waals surface area contributed by atoms with Crippen LogP contribution in [-0.4, -0.2) is 20.9 Å². The molecule has 0 bridgehead atoms. The van der Waals surface area contributed by atoms with E-state index in [4.69, 9.17) is 0 Å². The van der Waals surface area contributed by atoms with Crippen molar-refractivity contribution in [3.8, 4) is 0 Å². The van der Waals surface area contributed by atoms with E-state index >= 15 is 0 Å². The summed E-state index contributed by atoms with van der Waals surface area (Å²) >= 11 is 0. The number of aryl methyl sites for hydroxylation is 1. The summed E-state index contributed by atoms with van der Waals surface area (Å²) in [6.07, 6.45) is 4.12. The number of rotatable bonds is 1. The Balaban J connectivity index is 2.81. The van der Waals surface area contributed by atoms with Crippen LogP contribution in [-0.2, 0) is 0 Å². The first kappa shape index (κ1) is 6.97. The van der Waals surface area contributed by atoms with Crippen molar-refractivity contribution in [1.29, 1.82) is 0 Å². The number of carbonyl (C=O) groups is 1. The Hall–Kier alpha value is -1.71. The smallest absolute Gasteiger partial charge is 0.160 e. The molecule has 0 saturated carbocycles. The maximum atomic E-state index is 10.5. The van der Waals surface area contributed by atoms with E-state index in [0.29, 0.717) is 5.56 Å². The van der Waals surface area contributed by atoms with Crippen molar-refractivity contribution in [2.24, 2.45) is 0 Å². The van der Waals surface area contributed by atoms with E-state index in [9.17, 15) is 4.79 Å². The van der Waals surface area contributed by atoms with E-state index in [1.807, 2.05) is 13.0 Å². The molecule has 0 radical (unpaired) electrons. The van der Waals surface area contributed by atoms with Crippen LogP contribution in [0.5, 0.6) is 0 Å². The van der Waals surface area contributed by atoms with Crippen molar-refractivity contribution >= 4 is 11.9 Å². The number of pyridine rings is 1. The number of hydrogen-bond donors (Lipinski definition) is 0. The minimum atomic E-state index is 0.669. The molecule has 4 heteroatoms. The molecule has 12 heavy (non-hydrogen) atoms. The molecule has 0 aliphatic rings. The van der Waals surface area contributed by atoms with Gasteiger partial charge in [-0.1, -0.05) is 0 Å². The van der Waals surface area contributed by atoms with Crippen molar-refractivity contribution in [1.82, 2.24) is 14.6 Å². The van der Waals surface area contributed by atoms with Crippen LogP contribution in [0.3, 0.4) is 0 Å². The molecule has 2 heterocycles. The van der Waals surface area contributed by atoms with Crippen LogP contribution in [0.4, 0.5) is 0 Å². The fourth-order valence-electron chi connectivity index (χ4n) is 1.11. The summed E-state index contributed by atoms with van der Waals surface area (Å²) in [6, 6.07) is 1.83. The van der Waals surface area contributed by atoms with Gasteiger partial charge in [0.2, 0.25) is 0 Å². The topological polar surface area (TPSA) is 47.3 Å². The van der Waals surface area contributed by atoms with Gasteiger partial charge in [0.1, 0.15) is 6.33 Å². The normalized spacial score (nSPS) is 10.4. The molecule has 4 nitrogen and oxygen atoms in total. The highest BCUT2D eigenvalue weighted by atomic mass is 16.1. The third kappa shape index (κ3) is 0.887. The van der Waals surface area contributed by atoms with E-state index in [1.54, 1.807) is 16.9 Å². The summed E-state index contributed by atoms with van der Waals surface area (Å²) in [5, 5.41) is 7.57. The zero-order chi connectivity index (χ0) is 8.55. The van der Waals surface area contributed by atoms with Gasteiger partial charge in [-0.2, -0.15) is 0 Å². The van der Waals surface area contributed by atoms with Crippen molar-refractivity contribution in [3.63, 3.8) is 0 Å². The molecule has 2 aromatic rings. The quantitative estimate of drug-likeness (QED) is 0.582. The van der Waals surface area contributed by atoms with Gasteiger partial charge in [0.15, 0.2) is 11.9 Å². The molecule has 0 unspecified atom stereocenters. The predicted molar refractivity (Wildman–Crippen MR) is 43.1 cm³/mol. The van der Waals surface area contributed by atoms with Gasteiger partial charge in [-0.25, -0.2) is 0 Å². The molecule has 0 saturated heterocycles. The minimum absolute atomic E-state index is 0.669. The second-order valence-electron chi connectivity index (χ2n) is 2.63. The fourth-order valence-corrected chi connectivity index (χ4v) is 1.11. The highest BCUT2D eigenvalue weighted by Crippen LogP contribution is 2.07. The van der Waals surface area contributed by atoms with Crippen LogP contribution in [0.1, 0.15) is 15.9 Å². The van der Waals surface area contributed by atoms with Crippen LogP contribution in [0.2, 0.25) is 0 Å². The summed E-state index contributed by atoms with van der Waals surface area (Å²) in [7, 11) is 0. The molecule has 0 aromatic carbocycles. The first-order valence-electron chi connectivity index (χ1n) is 3.56. The predicted octanol–water partition coefficient (Wildman–Crippen LogP) is 0.850. The maximum Gasteiger partial charge on any atom is 0.160 e. The van der Waals surface area contributed by atoms with E-state index in [2.05, 4.69) is 10.2 Å². The summed E-state index contributed by atoms with van der Waals surface area (Å²) in [6.45, 7) is 1.87. The van der Waals surface area contributed by atoms with Gasteiger partial charge in [0, 0.05) is 11.8 Å². The van der Waals surface area contributed by atoms with Crippen LogP contribution < -0.4 is 0 Å². The van der Waals surface area contributed by atoms with Gasteiger partial charge in [0.05, 0.1) is 0 Å². The van der Waals surface area contributed by atoms with Crippen molar-refractivity contribution < 1.29 is 4.79 Å². The van der Waals surface area contributed by atoms with E-state index in [0.717, 1.165) is 17.5 Å². The van der Waals surface area contributed by atoms with Gasteiger partial charge in [0.25, 0.3) is 0 Å². The Labute approximate surface area is 68.8 Å². The standard InChI is InChI=1S/C8H7N3O/c1-6-2-8-10-9-5-11(8)3-7(6)4-12/h2-5H,1H3. The number of hydrogen-bond acceptors (Lipinski definition) is 3. The number of aromatic nitrogens is 3. The van der Waals surface area contributed by atoms with Crippen LogP contribution >= 0.6 is 0 Å². The average Bonchev–Trinajstić information content (AvgIpc) is 2.49. The SMILES string of the molecule is Cc1cc2nncn2cc1C=O. The largest absolute Gasteiger partial charge is 0.298 e. The summed E-state index contributed by atoms with van der Waals surface area (Å²) in [5.74, 6) is 0. The lowest BCUT2D eigenvalue weighted by Gasteiger charge is -1.97. The maximum absolute atomic E-state index is 10.5. The third-order valence-corrected chi connectivity index (χ3v) is 1.81. The number of carbonyl (C=O) groups excluding carboxylic acids is 1. The zero-order valence-electron chi connectivity index (χ0n) is 6.56. The Morgan fingerprint density at radius 1 is 1.58 bits per heavy atom. The van der Waals surface area contributed by atoms with Gasteiger partial charge in [-0.05, 0) is 18.6 Å². The molecule has 0 fully saturated rings. The lowest BCUT2D eigenvalue weighted by molar-refractivity contribution is 0.112. The van der Waals surface area contributed by atoms with Crippen LogP contribution in [0.25, 0.3) is 5.65 Å². The Morgan fingerprint density at radius 2 is 2.42 bits per heavy atom. The molecule has 0 N–H and O–H groups in total. The monoisotopic (exact) mass is 161 g/mol. The number of fused-ring (bicyclic) bond motifs is 1. The van der Waals surface area contributed by atoms with Crippen molar-refractivity contribution in [2.45, 2.75) is 6.92 Å². The van der Waals surface area contributed by atoms with Gasteiger partial charge >= 0.3 is 0 Å². The first-order chi connectivity index (χ1) is 5.81. The van der Waals surface area contributed by atoms with Crippen LogP contribution in [0.15, 0.2) is 18.6 Å². The lowest BCUT2D eigenvalue weighted by atomic mass is 10.2. The fraction of sp³-hybridized carbons (Fsp3) is 0.125. The molecule has 0 spiro atoms. The lowest BCUT2D eigenvalue weighted by Crippen LogP contribution is -1.91. The molecule has 0 atom stereocenters. The minimum Gasteiger partial charge on any atom is -0.298 e. The number of aldehydes is 1. The molecule has 0 amide bonds. The third-order valence-electron chi connectivity index (χ3n) is 1.81. The Kier molecular flexibility index (Phi) is 1.40. The molecule has 0 aliphatic carbocycles. The highest BCUT2D eigenvalue weighted by Gasteiger charge is 2.00. The second-order valence-corrected chi connectivity index (χ2v) is 2.63. The molecular formula is C8H7N3O. The summed E-state index contributed by atoms with van der Waals surface area (Å²) < 4.78 is 1.72. The first-order valence-corrected chi connectivity index (χ1v) is 3.56. The summed E-state index contributed by atoms with van der Waals surface area (Å²) in [4.78, 5) is 10.5. The van der Waals surface area contributed by atoms with Crippen molar-refractivity contribution in [3.05, 3.63) is 29.7 Å². The van der Waals surface area contributed by atoms with E-state index < -0.39 is 0 Å². The average molecular weight is 161 g/mol. The zero-order valence-corrected chi connectivity index (χ0v) is 6.56.